The lowest BCUT2D eigenvalue weighted by molar-refractivity contribution is 0.0526. The van der Waals surface area contributed by atoms with Crippen molar-refractivity contribution in [2.45, 2.75) is 6.92 Å². The van der Waals surface area contributed by atoms with Gasteiger partial charge in [0.05, 0.1) is 18.4 Å². The number of hydrogen-bond donors (Lipinski definition) is 0. The van der Waals surface area contributed by atoms with Crippen LogP contribution in [0.25, 0.3) is 11.1 Å². The van der Waals surface area contributed by atoms with Crippen molar-refractivity contribution in [1.29, 1.82) is 0 Å². The second-order valence-electron chi connectivity index (χ2n) is 3.78. The number of aromatic nitrogens is 1. The highest BCUT2D eigenvalue weighted by Crippen LogP contribution is 2.30. The number of hydrogen-bond acceptors (Lipinski definition) is 3. The summed E-state index contributed by atoms with van der Waals surface area (Å²) in [5.74, 6) is -0.804. The molecule has 0 fully saturated rings. The summed E-state index contributed by atoms with van der Waals surface area (Å²) < 4.78 is 19.2. The first-order valence-electron chi connectivity index (χ1n) is 5.70. The zero-order valence-electron chi connectivity index (χ0n) is 10.2. The van der Waals surface area contributed by atoms with E-state index in [9.17, 15) is 9.18 Å². The molecule has 0 aliphatic heterocycles. The van der Waals surface area contributed by atoms with Crippen molar-refractivity contribution in [2.24, 2.45) is 0 Å². The van der Waals surface area contributed by atoms with Gasteiger partial charge in [-0.1, -0.05) is 12.1 Å². The Balaban J connectivity index is 2.35. The van der Waals surface area contributed by atoms with Gasteiger partial charge in [0.15, 0.2) is 0 Å². The predicted octanol–water partition coefficient (Wildman–Crippen LogP) is 3.83. The van der Waals surface area contributed by atoms with Gasteiger partial charge < -0.3 is 4.74 Å². The van der Waals surface area contributed by atoms with Crippen LogP contribution in [0.3, 0.4) is 0 Å². The number of rotatable bonds is 3. The fraction of sp³-hybridized carbons (Fsp3) is 0.143. The minimum atomic E-state index is -0.418. The monoisotopic (exact) mass is 323 g/mol. The summed E-state index contributed by atoms with van der Waals surface area (Å²) in [6.45, 7) is 2.07. The number of carbonyl (C=O) groups excluding carboxylic acids is 1. The first-order valence-corrected chi connectivity index (χ1v) is 6.49. The van der Waals surface area contributed by atoms with Gasteiger partial charge in [-0.15, -0.1) is 0 Å². The van der Waals surface area contributed by atoms with Gasteiger partial charge in [-0.2, -0.15) is 0 Å². The van der Waals surface area contributed by atoms with Gasteiger partial charge in [-0.25, -0.2) is 9.18 Å². The van der Waals surface area contributed by atoms with E-state index in [1.807, 2.05) is 0 Å². The van der Waals surface area contributed by atoms with Gasteiger partial charge in [-0.05, 0) is 40.5 Å². The molecule has 19 heavy (non-hydrogen) atoms. The highest BCUT2D eigenvalue weighted by molar-refractivity contribution is 9.10. The molecule has 0 aliphatic carbocycles. The first kappa shape index (κ1) is 13.7. The Hall–Kier alpha value is -1.75. The van der Waals surface area contributed by atoms with E-state index in [0.29, 0.717) is 27.8 Å². The van der Waals surface area contributed by atoms with Crippen LogP contribution in [0.15, 0.2) is 41.1 Å². The third kappa shape index (κ3) is 2.98. The number of esters is 1. The maximum absolute atomic E-state index is 13.7. The van der Waals surface area contributed by atoms with Crippen LogP contribution < -0.4 is 0 Å². The Morgan fingerprint density at radius 1 is 1.32 bits per heavy atom. The number of benzene rings is 1. The van der Waals surface area contributed by atoms with E-state index in [1.165, 1.54) is 6.20 Å². The molecule has 0 bridgehead atoms. The predicted molar refractivity (Wildman–Crippen MR) is 73.3 cm³/mol. The third-order valence-corrected chi connectivity index (χ3v) is 3.14. The van der Waals surface area contributed by atoms with Gasteiger partial charge in [0, 0.05) is 16.2 Å². The average Bonchev–Trinajstić information content (AvgIpc) is 2.39. The van der Waals surface area contributed by atoms with Crippen LogP contribution >= 0.6 is 15.9 Å². The van der Waals surface area contributed by atoms with Gasteiger partial charge in [0.25, 0.3) is 0 Å². The van der Waals surface area contributed by atoms with Crippen molar-refractivity contribution in [3.05, 3.63) is 52.5 Å². The lowest BCUT2D eigenvalue weighted by atomic mass is 10.0. The van der Waals surface area contributed by atoms with Crippen LogP contribution in [0, 0.1) is 5.82 Å². The molecule has 98 valence electrons. The molecule has 1 aromatic carbocycles. The van der Waals surface area contributed by atoms with Crippen LogP contribution in [0.5, 0.6) is 0 Å². The van der Waals surface area contributed by atoms with Gasteiger partial charge in [0.2, 0.25) is 0 Å². The van der Waals surface area contributed by atoms with E-state index in [-0.39, 0.29) is 5.97 Å². The summed E-state index contributed by atoms with van der Waals surface area (Å²) >= 11 is 3.26. The van der Waals surface area contributed by atoms with Crippen molar-refractivity contribution in [1.82, 2.24) is 4.98 Å². The quantitative estimate of drug-likeness (QED) is 0.806. The Morgan fingerprint density at radius 2 is 2.00 bits per heavy atom. The molecule has 2 aromatic rings. The van der Waals surface area contributed by atoms with Gasteiger partial charge in [-0.3, -0.25) is 4.98 Å². The summed E-state index contributed by atoms with van der Waals surface area (Å²) in [4.78, 5) is 15.3. The van der Waals surface area contributed by atoms with Crippen molar-refractivity contribution >= 4 is 21.9 Å². The minimum Gasteiger partial charge on any atom is -0.462 e. The molecule has 0 atom stereocenters. The molecule has 5 heteroatoms. The molecule has 1 heterocycles. The minimum absolute atomic E-state index is 0.325. The fourth-order valence-corrected chi connectivity index (χ4v) is 2.21. The molecule has 2 rings (SSSR count). The number of carbonyl (C=O) groups is 1. The van der Waals surface area contributed by atoms with Crippen LogP contribution in [-0.2, 0) is 4.74 Å². The number of pyridine rings is 1. The highest BCUT2D eigenvalue weighted by Gasteiger charge is 2.11. The standard InChI is InChI=1S/C14H11BrFNO2/c1-2-19-14(18)10-5-3-9(4-6-10)13-11(15)7-17-8-12(13)16/h3-8H,2H2,1H3. The molecular weight excluding hydrogens is 313 g/mol. The van der Waals surface area contributed by atoms with Crippen LogP contribution in [-0.4, -0.2) is 17.6 Å². The molecule has 1 aromatic heterocycles. The smallest absolute Gasteiger partial charge is 0.338 e. The average molecular weight is 324 g/mol. The molecule has 0 radical (unpaired) electrons. The molecular formula is C14H11BrFNO2. The van der Waals surface area contributed by atoms with Crippen LogP contribution in [0.4, 0.5) is 4.39 Å². The normalized spacial score (nSPS) is 10.3. The maximum atomic E-state index is 13.7. The number of ether oxygens (including phenoxy) is 1. The highest BCUT2D eigenvalue weighted by atomic mass is 79.9. The lowest BCUT2D eigenvalue weighted by Crippen LogP contribution is -2.04. The molecule has 0 saturated carbocycles. The van der Waals surface area contributed by atoms with Crippen molar-refractivity contribution in [2.75, 3.05) is 6.61 Å². The second-order valence-corrected chi connectivity index (χ2v) is 4.63. The second kappa shape index (κ2) is 5.93. The summed E-state index contributed by atoms with van der Waals surface area (Å²) in [5, 5.41) is 0. The van der Waals surface area contributed by atoms with Crippen molar-refractivity contribution in [3.63, 3.8) is 0 Å². The SMILES string of the molecule is CCOC(=O)c1ccc(-c2c(F)cncc2Br)cc1. The van der Waals surface area contributed by atoms with E-state index in [4.69, 9.17) is 4.74 Å². The number of nitrogens with zero attached hydrogens (tertiary/aromatic N) is 1. The van der Waals surface area contributed by atoms with Gasteiger partial charge in [0.1, 0.15) is 5.82 Å². The Morgan fingerprint density at radius 3 is 2.58 bits per heavy atom. The van der Waals surface area contributed by atoms with Gasteiger partial charge >= 0.3 is 5.97 Å². The van der Waals surface area contributed by atoms with Crippen LogP contribution in [0.1, 0.15) is 17.3 Å². The molecule has 0 spiro atoms. The largest absolute Gasteiger partial charge is 0.462 e. The number of halogens is 2. The Kier molecular flexibility index (Phi) is 4.27. The zero-order valence-corrected chi connectivity index (χ0v) is 11.8. The summed E-state index contributed by atoms with van der Waals surface area (Å²) in [6, 6.07) is 6.57. The topological polar surface area (TPSA) is 39.2 Å². The maximum Gasteiger partial charge on any atom is 0.338 e. The zero-order chi connectivity index (χ0) is 13.8. The molecule has 0 aliphatic rings. The molecule has 3 nitrogen and oxygen atoms in total. The van der Waals surface area contributed by atoms with E-state index in [0.717, 1.165) is 6.20 Å². The Labute approximate surface area is 118 Å². The summed E-state index contributed by atoms with van der Waals surface area (Å²) in [7, 11) is 0. The van der Waals surface area contributed by atoms with E-state index in [2.05, 4.69) is 20.9 Å². The summed E-state index contributed by atoms with van der Waals surface area (Å²) in [5.41, 5.74) is 1.53. The van der Waals surface area contributed by atoms with E-state index in [1.54, 1.807) is 31.2 Å². The summed E-state index contributed by atoms with van der Waals surface area (Å²) in [6.07, 6.45) is 2.68. The molecule has 0 amide bonds. The van der Waals surface area contributed by atoms with E-state index < -0.39 is 5.82 Å². The molecule has 0 N–H and O–H groups in total. The van der Waals surface area contributed by atoms with Crippen molar-refractivity contribution < 1.29 is 13.9 Å². The first-order chi connectivity index (χ1) is 9.13. The molecule has 0 unspecified atom stereocenters. The van der Waals surface area contributed by atoms with E-state index >= 15 is 0 Å². The molecule has 0 saturated heterocycles. The van der Waals surface area contributed by atoms with Crippen molar-refractivity contribution in [3.8, 4) is 11.1 Å². The lowest BCUT2D eigenvalue weighted by Gasteiger charge is -2.07. The van der Waals surface area contributed by atoms with Crippen LogP contribution in [0.2, 0.25) is 0 Å². The fourth-order valence-electron chi connectivity index (χ4n) is 1.67. The Bertz CT molecular complexity index is 579. The third-order valence-electron chi connectivity index (χ3n) is 2.54.